The van der Waals surface area contributed by atoms with Gasteiger partial charge in [-0.15, -0.1) is 0 Å². The number of rotatable bonds is 9. The number of carboxylic acids is 1. The number of carbonyl (C=O) groups excluding carboxylic acids is 1. The van der Waals surface area contributed by atoms with Gasteiger partial charge in [0.05, 0.1) is 12.6 Å². The van der Waals surface area contributed by atoms with Crippen LogP contribution < -0.4 is 10.6 Å². The number of H-pyrrole nitrogens is 1. The summed E-state index contributed by atoms with van der Waals surface area (Å²) < 4.78 is 0. The minimum absolute atomic E-state index is 0.0390. The third-order valence-corrected chi connectivity index (χ3v) is 4.29. The van der Waals surface area contributed by atoms with Gasteiger partial charge >= 0.3 is 5.97 Å². The highest BCUT2D eigenvalue weighted by Crippen LogP contribution is 2.20. The fraction of sp³-hybridized carbons (Fsp3) is 0.211. The first-order chi connectivity index (χ1) is 14.1. The van der Waals surface area contributed by atoms with E-state index in [4.69, 9.17) is 0 Å². The number of carbonyl (C=O) groups is 2. The van der Waals surface area contributed by atoms with Crippen molar-refractivity contribution in [2.75, 3.05) is 11.9 Å². The van der Waals surface area contributed by atoms with E-state index in [0.717, 1.165) is 16.7 Å². The summed E-state index contributed by atoms with van der Waals surface area (Å²) in [5, 5.41) is 36.4. The molecule has 1 amide bonds. The highest BCUT2D eigenvalue weighted by atomic mass is 16.4. The van der Waals surface area contributed by atoms with Crippen molar-refractivity contribution in [3.05, 3.63) is 60.2 Å². The molecule has 3 aromatic rings. The van der Waals surface area contributed by atoms with Crippen molar-refractivity contribution in [2.45, 2.75) is 18.5 Å². The second kappa shape index (κ2) is 9.53. The van der Waals surface area contributed by atoms with Gasteiger partial charge in [-0.25, -0.2) is 5.10 Å². The summed E-state index contributed by atoms with van der Waals surface area (Å²) in [6, 6.07) is 15.2. The minimum Gasteiger partial charge on any atom is -0.480 e. The quantitative estimate of drug-likeness (QED) is 0.349. The zero-order valence-electron chi connectivity index (χ0n) is 15.3. The van der Waals surface area contributed by atoms with Crippen molar-refractivity contribution in [3.63, 3.8) is 0 Å². The number of benzene rings is 2. The van der Waals surface area contributed by atoms with E-state index in [1.54, 1.807) is 0 Å². The Balaban J connectivity index is 1.76. The summed E-state index contributed by atoms with van der Waals surface area (Å²) in [6.07, 6.45) is 0.201. The van der Waals surface area contributed by atoms with E-state index in [1.165, 1.54) is 0 Å². The molecule has 10 nitrogen and oxygen atoms in total. The van der Waals surface area contributed by atoms with Gasteiger partial charge in [-0.1, -0.05) is 59.7 Å². The molecule has 1 unspecified atom stereocenters. The Hall–Kier alpha value is -3.63. The number of nitrogens with one attached hydrogen (secondary N) is 3. The van der Waals surface area contributed by atoms with Gasteiger partial charge in [-0.05, 0) is 33.5 Å². The van der Waals surface area contributed by atoms with Gasteiger partial charge in [-0.3, -0.25) is 20.2 Å². The molecular formula is C19H20N6O4. The number of aromatic amines is 1. The van der Waals surface area contributed by atoms with Crippen LogP contribution in [0.3, 0.4) is 0 Å². The highest BCUT2D eigenvalue weighted by Gasteiger charge is 2.26. The molecule has 0 saturated heterocycles. The van der Waals surface area contributed by atoms with Gasteiger partial charge in [0.2, 0.25) is 11.9 Å². The number of nitrogens with zero attached hydrogens (tertiary/aromatic N) is 3. The number of aliphatic hydroxyl groups excluding tert-OH is 1. The van der Waals surface area contributed by atoms with Gasteiger partial charge < -0.3 is 10.2 Å². The molecular weight excluding hydrogens is 376 g/mol. The lowest BCUT2D eigenvalue weighted by molar-refractivity contribution is -0.140. The number of carboxylic acid groups (broad SMARTS) is 1. The van der Waals surface area contributed by atoms with Crippen molar-refractivity contribution in [1.82, 2.24) is 25.9 Å². The number of aliphatic carboxylic acids is 1. The lowest BCUT2D eigenvalue weighted by atomic mass is 10.00. The molecule has 2 atom stereocenters. The van der Waals surface area contributed by atoms with Gasteiger partial charge in [0.25, 0.3) is 0 Å². The second-order valence-corrected chi connectivity index (χ2v) is 6.30. The second-order valence-electron chi connectivity index (χ2n) is 6.30. The van der Waals surface area contributed by atoms with Crippen LogP contribution in [-0.2, 0) is 16.0 Å². The maximum atomic E-state index is 12.6. The third-order valence-electron chi connectivity index (χ3n) is 4.29. The van der Waals surface area contributed by atoms with E-state index in [0.29, 0.717) is 0 Å². The summed E-state index contributed by atoms with van der Waals surface area (Å²) in [5.41, 5.74) is 2.90. The molecule has 1 heterocycles. The average molecular weight is 396 g/mol. The Kier molecular flexibility index (Phi) is 6.61. The van der Waals surface area contributed by atoms with Crippen molar-refractivity contribution >= 4 is 17.8 Å². The molecule has 0 aliphatic heterocycles. The monoisotopic (exact) mass is 396 g/mol. The SMILES string of the molecule is O=C(O)C(CO)N[C@@H](Cc1ccc(-c2ccccc2)cc1)C(=O)Nc1nnn[nH]1. The number of tetrazole rings is 1. The molecule has 0 radical (unpaired) electrons. The predicted molar refractivity (Wildman–Crippen MR) is 104 cm³/mol. The van der Waals surface area contributed by atoms with Crippen LogP contribution in [0.15, 0.2) is 54.6 Å². The van der Waals surface area contributed by atoms with Crippen LogP contribution in [0.2, 0.25) is 0 Å². The molecule has 150 valence electrons. The van der Waals surface area contributed by atoms with Crippen LogP contribution >= 0.6 is 0 Å². The molecule has 0 saturated carbocycles. The van der Waals surface area contributed by atoms with Crippen molar-refractivity contribution in [1.29, 1.82) is 0 Å². The zero-order valence-corrected chi connectivity index (χ0v) is 15.3. The first-order valence-electron chi connectivity index (χ1n) is 8.85. The van der Waals surface area contributed by atoms with Crippen molar-refractivity contribution in [3.8, 4) is 11.1 Å². The fourth-order valence-electron chi connectivity index (χ4n) is 2.79. The predicted octanol–water partition coefficient (Wildman–Crippen LogP) is 0.452. The van der Waals surface area contributed by atoms with Crippen LogP contribution in [0.1, 0.15) is 5.56 Å². The van der Waals surface area contributed by atoms with Crippen molar-refractivity contribution < 1.29 is 19.8 Å². The van der Waals surface area contributed by atoms with Gasteiger partial charge in [0.15, 0.2) is 0 Å². The molecule has 0 bridgehead atoms. The number of anilines is 1. The molecule has 5 N–H and O–H groups in total. The average Bonchev–Trinajstić information content (AvgIpc) is 3.25. The van der Waals surface area contributed by atoms with Crippen LogP contribution in [0.5, 0.6) is 0 Å². The summed E-state index contributed by atoms with van der Waals surface area (Å²) in [5.74, 6) is -1.75. The molecule has 3 rings (SSSR count). The molecule has 1 aromatic heterocycles. The molecule has 29 heavy (non-hydrogen) atoms. The van der Waals surface area contributed by atoms with Crippen LogP contribution in [0.4, 0.5) is 5.95 Å². The molecule has 2 aromatic carbocycles. The topological polar surface area (TPSA) is 153 Å². The van der Waals surface area contributed by atoms with E-state index in [1.807, 2.05) is 54.6 Å². The molecule has 0 fully saturated rings. The summed E-state index contributed by atoms with van der Waals surface area (Å²) >= 11 is 0. The van der Waals surface area contributed by atoms with E-state index >= 15 is 0 Å². The van der Waals surface area contributed by atoms with Gasteiger partial charge in [-0.2, -0.15) is 0 Å². The minimum atomic E-state index is -1.29. The smallest absolute Gasteiger partial charge is 0.323 e. The third kappa shape index (κ3) is 5.43. The largest absolute Gasteiger partial charge is 0.480 e. The summed E-state index contributed by atoms with van der Waals surface area (Å²) in [7, 11) is 0. The fourth-order valence-corrected chi connectivity index (χ4v) is 2.79. The Morgan fingerprint density at radius 2 is 1.69 bits per heavy atom. The number of hydrogen-bond donors (Lipinski definition) is 5. The normalized spacial score (nSPS) is 12.9. The van der Waals surface area contributed by atoms with E-state index in [2.05, 4.69) is 31.3 Å². The molecule has 0 aliphatic carbocycles. The zero-order chi connectivity index (χ0) is 20.6. The summed E-state index contributed by atoms with van der Waals surface area (Å²) in [4.78, 5) is 23.9. The van der Waals surface area contributed by atoms with Crippen LogP contribution in [-0.4, -0.2) is 61.4 Å². The Labute approximate surface area is 166 Å². The number of aromatic nitrogens is 4. The van der Waals surface area contributed by atoms with Gasteiger partial charge in [0, 0.05) is 0 Å². The first kappa shape index (κ1) is 20.1. The molecule has 0 aliphatic rings. The standard InChI is InChI=1S/C19H20N6O4/c26-11-16(18(28)29)20-15(17(27)21-19-22-24-25-23-19)10-12-6-8-14(9-7-12)13-4-2-1-3-5-13/h1-9,15-16,20,26H,10-11H2,(H,28,29)(H2,21,22,23,24,25,27)/t15-,16?/m0/s1. The first-order valence-corrected chi connectivity index (χ1v) is 8.85. The van der Waals surface area contributed by atoms with Gasteiger partial charge in [0.1, 0.15) is 6.04 Å². The number of hydrogen-bond acceptors (Lipinski definition) is 7. The Bertz CT molecular complexity index is 931. The molecule has 10 heteroatoms. The lowest BCUT2D eigenvalue weighted by Gasteiger charge is -2.21. The Morgan fingerprint density at radius 3 is 2.28 bits per heavy atom. The highest BCUT2D eigenvalue weighted by molar-refractivity contribution is 5.94. The maximum absolute atomic E-state index is 12.6. The van der Waals surface area contributed by atoms with Crippen LogP contribution in [0.25, 0.3) is 11.1 Å². The Morgan fingerprint density at radius 1 is 1.00 bits per heavy atom. The number of amides is 1. The summed E-state index contributed by atoms with van der Waals surface area (Å²) in [6.45, 7) is -0.657. The lowest BCUT2D eigenvalue weighted by Crippen LogP contribution is -2.51. The number of aliphatic hydroxyl groups is 1. The van der Waals surface area contributed by atoms with E-state index in [-0.39, 0.29) is 12.4 Å². The van der Waals surface area contributed by atoms with Crippen LogP contribution in [0, 0.1) is 0 Å². The maximum Gasteiger partial charge on any atom is 0.323 e. The van der Waals surface area contributed by atoms with E-state index in [9.17, 15) is 19.8 Å². The van der Waals surface area contributed by atoms with E-state index < -0.39 is 30.6 Å². The molecule has 0 spiro atoms. The van der Waals surface area contributed by atoms with Crippen molar-refractivity contribution in [2.24, 2.45) is 0 Å².